The van der Waals surface area contributed by atoms with Crippen molar-refractivity contribution in [1.82, 2.24) is 30.9 Å². The molecule has 41 heavy (non-hydrogen) atoms. The fourth-order valence-electron chi connectivity index (χ4n) is 4.34. The number of fused-ring (bicyclic) bond motifs is 1. The number of amides is 7. The molecule has 3 atom stereocenters. The Morgan fingerprint density at radius 1 is 1.07 bits per heavy atom. The molecule has 214 valence electrons. The van der Waals surface area contributed by atoms with E-state index in [-0.39, 0.29) is 12.5 Å². The number of likely N-dealkylation sites (N-methyl/N-ethyl adjacent to an activating group) is 1. The summed E-state index contributed by atoms with van der Waals surface area (Å²) in [6.45, 7) is 0.741. The first-order chi connectivity index (χ1) is 19.5. The lowest BCUT2D eigenvalue weighted by Crippen LogP contribution is -2.51. The maximum absolute atomic E-state index is 12.3. The molecule has 3 aliphatic heterocycles. The van der Waals surface area contributed by atoms with E-state index in [9.17, 15) is 28.2 Å². The third-order valence-electron chi connectivity index (χ3n) is 6.61. The zero-order valence-corrected chi connectivity index (χ0v) is 23.3. The second-order valence-corrected chi connectivity index (χ2v) is 10.5. The molecule has 14 heteroatoms. The van der Waals surface area contributed by atoms with E-state index in [1.165, 1.54) is 6.26 Å². The number of nitrogens with one attached hydrogen (secondary N) is 5. The Morgan fingerprint density at radius 3 is 2.39 bits per heavy atom. The topological polar surface area (TPSA) is 175 Å². The summed E-state index contributed by atoms with van der Waals surface area (Å²) >= 11 is 0. The zero-order chi connectivity index (χ0) is 29.7. The van der Waals surface area contributed by atoms with Crippen molar-refractivity contribution in [3.63, 3.8) is 0 Å². The number of carbonyl (C=O) groups excluding carboxylic acids is 5. The van der Waals surface area contributed by atoms with Crippen molar-refractivity contribution < 1.29 is 32.9 Å². The van der Waals surface area contributed by atoms with Gasteiger partial charge < -0.3 is 20.3 Å². The molecule has 0 aliphatic carbocycles. The minimum atomic E-state index is -1.39. The lowest BCUT2D eigenvalue weighted by atomic mass is 9.89. The molecule has 5 N–H and O–H groups in total. The number of nitrogens with zero attached hydrogens (tertiary/aromatic N) is 1. The van der Waals surface area contributed by atoms with Crippen LogP contribution in [-0.4, -0.2) is 78.4 Å². The molecule has 5 rings (SSSR count). The van der Waals surface area contributed by atoms with Gasteiger partial charge >= 0.3 is 12.1 Å². The highest BCUT2D eigenvalue weighted by Crippen LogP contribution is 2.25. The molecule has 0 bridgehead atoms. The van der Waals surface area contributed by atoms with E-state index in [1.54, 1.807) is 36.3 Å². The van der Waals surface area contributed by atoms with Crippen LogP contribution in [0.1, 0.15) is 27.0 Å². The van der Waals surface area contributed by atoms with Crippen LogP contribution in [0.25, 0.3) is 0 Å². The maximum atomic E-state index is 12.3. The summed E-state index contributed by atoms with van der Waals surface area (Å²) in [6.07, 6.45) is 2.35. The largest absolute Gasteiger partial charge is 0.497 e. The second-order valence-electron chi connectivity index (χ2n) is 9.33. The molecule has 2 saturated heterocycles. The number of rotatable bonds is 5. The van der Waals surface area contributed by atoms with Crippen molar-refractivity contribution in [2.45, 2.75) is 18.0 Å². The Balaban J connectivity index is 0.000000231. The molecule has 0 radical (unpaired) electrons. The summed E-state index contributed by atoms with van der Waals surface area (Å²) in [5.74, 6) is 5.15. The van der Waals surface area contributed by atoms with Gasteiger partial charge in [0.25, 0.3) is 17.7 Å². The standard InChI is InChI=1S/C16H15N5O5S.C11H13NO2/c1-27(26)17-8-16(13(23)20-15(25)21-16)10-5-2-9(3-6-10)4-7-11-12(22)19-14(24)18-11;1-12-6-5-8-3-4-9(14-2)7-10(8)11(12)13/h2-3,5-6,11,17H,8H2,1H3,(H2,18,19,22,24)(H2,20,21,23,25);3-4,7H,5-6H2,1-2H3. The van der Waals surface area contributed by atoms with E-state index in [0.717, 1.165) is 29.8 Å². The summed E-state index contributed by atoms with van der Waals surface area (Å²) < 4.78 is 19.1. The molecule has 0 saturated carbocycles. The molecule has 2 aromatic rings. The fraction of sp³-hybridized carbons (Fsp3) is 0.296. The van der Waals surface area contributed by atoms with Gasteiger partial charge in [0.05, 0.1) is 18.1 Å². The summed E-state index contributed by atoms with van der Waals surface area (Å²) in [7, 11) is 2.06. The lowest BCUT2D eigenvalue weighted by Gasteiger charge is -2.26. The van der Waals surface area contributed by atoms with E-state index in [2.05, 4.69) is 37.8 Å². The average molecular weight is 581 g/mol. The first kappa shape index (κ1) is 29.2. The fourth-order valence-corrected chi connectivity index (χ4v) is 4.76. The Hall–Kier alpha value is -4.74. The minimum absolute atomic E-state index is 0.0625. The molecule has 13 nitrogen and oxygen atoms in total. The third kappa shape index (κ3) is 6.53. The van der Waals surface area contributed by atoms with Gasteiger partial charge in [0.1, 0.15) is 5.75 Å². The number of hydrogen-bond acceptors (Lipinski definition) is 7. The monoisotopic (exact) mass is 580 g/mol. The molecule has 0 aromatic heterocycles. The Bertz CT molecular complexity index is 1500. The van der Waals surface area contributed by atoms with Gasteiger partial charge in [-0.2, -0.15) is 0 Å². The number of ether oxygens (including phenoxy) is 1. The van der Waals surface area contributed by atoms with Gasteiger partial charge in [-0.05, 0) is 41.8 Å². The number of methoxy groups -OCH3 is 1. The number of imide groups is 2. The van der Waals surface area contributed by atoms with Crippen LogP contribution in [-0.2, 0) is 32.5 Å². The van der Waals surface area contributed by atoms with E-state index in [1.807, 2.05) is 25.2 Å². The van der Waals surface area contributed by atoms with Crippen LogP contribution in [0.5, 0.6) is 5.75 Å². The Labute approximate surface area is 238 Å². The predicted octanol–water partition coefficient (Wildman–Crippen LogP) is -0.513. The molecule has 3 heterocycles. The minimum Gasteiger partial charge on any atom is -0.497 e. The predicted molar refractivity (Wildman–Crippen MR) is 148 cm³/mol. The van der Waals surface area contributed by atoms with Crippen LogP contribution in [0, 0.1) is 11.8 Å². The summed E-state index contributed by atoms with van der Waals surface area (Å²) in [5.41, 5.74) is 1.52. The lowest BCUT2D eigenvalue weighted by molar-refractivity contribution is -0.124. The van der Waals surface area contributed by atoms with Crippen molar-refractivity contribution in [2.75, 3.05) is 33.5 Å². The van der Waals surface area contributed by atoms with Gasteiger partial charge in [0.15, 0.2) is 11.6 Å². The molecule has 2 aromatic carbocycles. The maximum Gasteiger partial charge on any atom is 0.322 e. The molecule has 0 spiro atoms. The normalized spacial score (nSPS) is 21.7. The molecule has 3 unspecified atom stereocenters. The molecular weight excluding hydrogens is 552 g/mol. The van der Waals surface area contributed by atoms with Gasteiger partial charge in [-0.25, -0.2) is 18.5 Å². The van der Waals surface area contributed by atoms with E-state index in [0.29, 0.717) is 11.1 Å². The van der Waals surface area contributed by atoms with E-state index in [4.69, 9.17) is 4.74 Å². The van der Waals surface area contributed by atoms with Crippen LogP contribution in [0.3, 0.4) is 0 Å². The molecular formula is C27H28N6O7S. The van der Waals surface area contributed by atoms with Gasteiger partial charge in [-0.3, -0.25) is 25.0 Å². The zero-order valence-electron chi connectivity index (χ0n) is 22.5. The van der Waals surface area contributed by atoms with Crippen LogP contribution in [0.15, 0.2) is 42.5 Å². The first-order valence-corrected chi connectivity index (χ1v) is 13.9. The van der Waals surface area contributed by atoms with Crippen molar-refractivity contribution >= 4 is 40.8 Å². The highest BCUT2D eigenvalue weighted by Gasteiger charge is 2.47. The summed E-state index contributed by atoms with van der Waals surface area (Å²) in [4.78, 5) is 60.0. The number of carbonyl (C=O) groups is 5. The third-order valence-corrected chi connectivity index (χ3v) is 7.16. The number of hydrogen-bond donors (Lipinski definition) is 5. The highest BCUT2D eigenvalue weighted by molar-refractivity contribution is 7.82. The van der Waals surface area contributed by atoms with Gasteiger partial charge in [0, 0.05) is 37.5 Å². The van der Waals surface area contributed by atoms with Gasteiger partial charge in [-0.15, -0.1) is 0 Å². The Kier molecular flexibility index (Phi) is 8.70. The van der Waals surface area contributed by atoms with Crippen LogP contribution >= 0.6 is 0 Å². The molecule has 2 fully saturated rings. The Morgan fingerprint density at radius 2 is 1.80 bits per heavy atom. The van der Waals surface area contributed by atoms with Crippen molar-refractivity contribution in [3.05, 3.63) is 64.7 Å². The van der Waals surface area contributed by atoms with E-state index >= 15 is 0 Å². The average Bonchev–Trinajstić information content (AvgIpc) is 3.44. The molecule has 7 amide bonds. The van der Waals surface area contributed by atoms with Crippen molar-refractivity contribution in [3.8, 4) is 17.6 Å². The van der Waals surface area contributed by atoms with Crippen molar-refractivity contribution in [2.24, 2.45) is 0 Å². The SMILES string of the molecule is COc1ccc2c(c1)C(=O)N(C)CC2.CS(=O)NCC1(c2ccc(C#CC3NC(=O)NC3=O)cc2)NC(=O)NC1=O. The number of urea groups is 2. The summed E-state index contributed by atoms with van der Waals surface area (Å²) in [6, 6.07) is 9.94. The molecule has 3 aliphatic rings. The smallest absolute Gasteiger partial charge is 0.322 e. The second kappa shape index (κ2) is 12.2. The van der Waals surface area contributed by atoms with Crippen LogP contribution < -0.4 is 30.7 Å². The van der Waals surface area contributed by atoms with Crippen molar-refractivity contribution in [1.29, 1.82) is 0 Å². The van der Waals surface area contributed by atoms with Gasteiger partial charge in [-0.1, -0.05) is 30.0 Å². The highest BCUT2D eigenvalue weighted by atomic mass is 32.2. The summed E-state index contributed by atoms with van der Waals surface area (Å²) in [5, 5.41) is 9.18. The van der Waals surface area contributed by atoms with E-state index < -0.39 is 46.4 Å². The van der Waals surface area contributed by atoms with Crippen LogP contribution in [0.4, 0.5) is 9.59 Å². The number of benzene rings is 2. The first-order valence-electron chi connectivity index (χ1n) is 12.4. The van der Waals surface area contributed by atoms with Crippen LogP contribution in [0.2, 0.25) is 0 Å². The van der Waals surface area contributed by atoms with Gasteiger partial charge in [0.2, 0.25) is 0 Å². The quantitative estimate of drug-likeness (QED) is 0.234.